The highest BCUT2D eigenvalue weighted by Crippen LogP contribution is 2.28. The number of carbonyl (C=O) groups is 1. The smallest absolute Gasteiger partial charge is 0.184 e. The minimum Gasteiger partial charge on any atom is -0.405 e. The molecule has 4 heteroatoms. The van der Waals surface area contributed by atoms with E-state index in [-0.39, 0.29) is 24.1 Å². The first-order valence-electron chi connectivity index (χ1n) is 5.00. The Labute approximate surface area is 85.2 Å². The molecule has 3 nitrogen and oxygen atoms in total. The minimum absolute atomic E-state index is 0.00832. The average Bonchev–Trinajstić information content (AvgIpc) is 2.41. The van der Waals surface area contributed by atoms with E-state index >= 15 is 0 Å². The van der Waals surface area contributed by atoms with Gasteiger partial charge in [0, 0.05) is 6.42 Å². The molecule has 1 fully saturated rings. The summed E-state index contributed by atoms with van der Waals surface area (Å²) >= 11 is 0. The summed E-state index contributed by atoms with van der Waals surface area (Å²) in [5.74, 6) is 0.193. The zero-order chi connectivity index (χ0) is 10.3. The molecule has 78 valence electrons. The molecular formula is C10H16O3Si. The maximum atomic E-state index is 11.7. The summed E-state index contributed by atoms with van der Waals surface area (Å²) in [6.45, 7) is 6.26. The van der Waals surface area contributed by atoms with E-state index in [2.05, 4.69) is 19.6 Å². The maximum Gasteiger partial charge on any atom is 0.184 e. The highest BCUT2D eigenvalue weighted by molar-refractivity contribution is 6.69. The lowest BCUT2D eigenvalue weighted by Crippen LogP contribution is -2.47. The zero-order valence-corrected chi connectivity index (χ0v) is 9.82. The van der Waals surface area contributed by atoms with Gasteiger partial charge in [-0.3, -0.25) is 4.79 Å². The van der Waals surface area contributed by atoms with Gasteiger partial charge in [0.2, 0.25) is 0 Å². The third kappa shape index (κ3) is 1.97. The Bertz CT molecular complexity index is 280. The predicted octanol–water partition coefficient (Wildman–Crippen LogP) is 1.50. The molecule has 0 radical (unpaired) electrons. The van der Waals surface area contributed by atoms with Gasteiger partial charge in [-0.25, -0.2) is 0 Å². The van der Waals surface area contributed by atoms with Crippen molar-refractivity contribution in [2.45, 2.75) is 44.4 Å². The summed E-state index contributed by atoms with van der Waals surface area (Å²) in [5, 5.41) is 0. The molecular weight excluding hydrogens is 196 g/mol. The van der Waals surface area contributed by atoms with Gasteiger partial charge >= 0.3 is 0 Å². The first kappa shape index (κ1) is 10.1. The van der Waals surface area contributed by atoms with Crippen molar-refractivity contribution >= 4 is 14.1 Å². The van der Waals surface area contributed by atoms with Gasteiger partial charge < -0.3 is 9.16 Å². The van der Waals surface area contributed by atoms with Gasteiger partial charge in [0.05, 0.1) is 6.10 Å². The van der Waals surface area contributed by atoms with Crippen LogP contribution in [-0.4, -0.2) is 32.4 Å². The van der Waals surface area contributed by atoms with Crippen LogP contribution in [0.1, 0.15) is 6.42 Å². The van der Waals surface area contributed by atoms with Crippen molar-refractivity contribution in [3.8, 4) is 0 Å². The van der Waals surface area contributed by atoms with Gasteiger partial charge in [-0.1, -0.05) is 12.2 Å². The molecule has 0 aromatic carbocycles. The second-order valence-electron chi connectivity index (χ2n) is 4.85. The van der Waals surface area contributed by atoms with E-state index in [0.717, 1.165) is 0 Å². The van der Waals surface area contributed by atoms with E-state index in [1.54, 1.807) is 0 Å². The molecule has 3 unspecified atom stereocenters. The largest absolute Gasteiger partial charge is 0.405 e. The molecule has 0 spiro atoms. The Balaban J connectivity index is 2.09. The van der Waals surface area contributed by atoms with Crippen LogP contribution in [0.15, 0.2) is 12.2 Å². The van der Waals surface area contributed by atoms with E-state index in [1.165, 1.54) is 0 Å². The number of rotatable bonds is 2. The molecule has 0 saturated carbocycles. The van der Waals surface area contributed by atoms with E-state index < -0.39 is 8.32 Å². The first-order valence-corrected chi connectivity index (χ1v) is 8.41. The van der Waals surface area contributed by atoms with Crippen LogP contribution >= 0.6 is 0 Å². The molecule has 2 rings (SSSR count). The summed E-state index contributed by atoms with van der Waals surface area (Å²) in [6.07, 6.45) is 3.93. The Morgan fingerprint density at radius 1 is 1.43 bits per heavy atom. The van der Waals surface area contributed by atoms with E-state index in [0.29, 0.717) is 6.42 Å². The molecule has 3 atom stereocenters. The first-order chi connectivity index (χ1) is 6.46. The van der Waals surface area contributed by atoms with Gasteiger partial charge in [0.1, 0.15) is 12.2 Å². The molecule has 0 aromatic rings. The molecule has 2 aliphatic rings. The highest BCUT2D eigenvalue weighted by atomic mass is 28.4. The molecule has 0 aromatic heterocycles. The van der Waals surface area contributed by atoms with Crippen molar-refractivity contribution in [3.05, 3.63) is 12.2 Å². The molecule has 2 aliphatic heterocycles. The number of ether oxygens (including phenoxy) is 1. The lowest BCUT2D eigenvalue weighted by Gasteiger charge is -2.32. The molecule has 2 heterocycles. The van der Waals surface area contributed by atoms with E-state index in [1.807, 2.05) is 12.2 Å². The quantitative estimate of drug-likeness (QED) is 0.514. The summed E-state index contributed by atoms with van der Waals surface area (Å²) in [6, 6.07) is 0. The topological polar surface area (TPSA) is 35.5 Å². The minimum atomic E-state index is -1.66. The van der Waals surface area contributed by atoms with Gasteiger partial charge in [0.15, 0.2) is 14.1 Å². The Hall–Kier alpha value is -0.453. The molecule has 1 saturated heterocycles. The van der Waals surface area contributed by atoms with E-state index in [9.17, 15) is 4.79 Å². The fraction of sp³-hybridized carbons (Fsp3) is 0.700. The molecule has 2 bridgehead atoms. The molecule has 14 heavy (non-hydrogen) atoms. The third-order valence-corrected chi connectivity index (χ3v) is 3.31. The summed E-state index contributed by atoms with van der Waals surface area (Å²) in [7, 11) is -1.66. The van der Waals surface area contributed by atoms with Gasteiger partial charge in [-0.15, -0.1) is 0 Å². The van der Waals surface area contributed by atoms with E-state index in [4.69, 9.17) is 9.16 Å². The van der Waals surface area contributed by atoms with Crippen molar-refractivity contribution in [1.82, 2.24) is 0 Å². The van der Waals surface area contributed by atoms with Crippen LogP contribution in [0.3, 0.4) is 0 Å². The molecule has 0 amide bonds. The number of fused-ring (bicyclic) bond motifs is 2. The average molecular weight is 212 g/mol. The zero-order valence-electron chi connectivity index (χ0n) is 8.82. The predicted molar refractivity (Wildman–Crippen MR) is 55.6 cm³/mol. The summed E-state index contributed by atoms with van der Waals surface area (Å²) in [5.41, 5.74) is 0. The second-order valence-corrected chi connectivity index (χ2v) is 9.31. The van der Waals surface area contributed by atoms with Crippen molar-refractivity contribution in [1.29, 1.82) is 0 Å². The van der Waals surface area contributed by atoms with Crippen molar-refractivity contribution in [2.24, 2.45) is 0 Å². The third-order valence-electron chi connectivity index (χ3n) is 2.35. The van der Waals surface area contributed by atoms with Gasteiger partial charge in [-0.05, 0) is 19.6 Å². The van der Waals surface area contributed by atoms with Crippen molar-refractivity contribution in [3.63, 3.8) is 0 Å². The maximum absolute atomic E-state index is 11.7. The molecule has 0 N–H and O–H groups in total. The van der Waals surface area contributed by atoms with Crippen molar-refractivity contribution in [2.75, 3.05) is 0 Å². The highest BCUT2D eigenvalue weighted by Gasteiger charge is 2.41. The Morgan fingerprint density at radius 3 is 2.79 bits per heavy atom. The Morgan fingerprint density at radius 2 is 2.14 bits per heavy atom. The van der Waals surface area contributed by atoms with Crippen LogP contribution in [0.4, 0.5) is 0 Å². The van der Waals surface area contributed by atoms with Crippen LogP contribution in [0.5, 0.6) is 0 Å². The van der Waals surface area contributed by atoms with Crippen molar-refractivity contribution < 1.29 is 14.0 Å². The number of Topliss-reactive ketones (excluding diaryl/α,β-unsaturated/α-hetero) is 1. The van der Waals surface area contributed by atoms with Gasteiger partial charge in [-0.2, -0.15) is 0 Å². The van der Waals surface area contributed by atoms with Crippen LogP contribution < -0.4 is 0 Å². The number of hydrogen-bond donors (Lipinski definition) is 0. The lowest BCUT2D eigenvalue weighted by molar-refractivity contribution is -0.142. The van der Waals surface area contributed by atoms with Crippen LogP contribution in [0.2, 0.25) is 19.6 Å². The Kier molecular flexibility index (Phi) is 2.37. The lowest BCUT2D eigenvalue weighted by atomic mass is 10.1. The normalized spacial score (nSPS) is 36.5. The summed E-state index contributed by atoms with van der Waals surface area (Å²) in [4.78, 5) is 11.7. The fourth-order valence-corrected chi connectivity index (χ4v) is 2.85. The second kappa shape index (κ2) is 3.29. The molecule has 0 aliphatic carbocycles. The van der Waals surface area contributed by atoms with Crippen LogP contribution in [0.25, 0.3) is 0 Å². The number of carbonyl (C=O) groups excluding carboxylic acids is 1. The summed E-state index contributed by atoms with van der Waals surface area (Å²) < 4.78 is 11.4. The fourth-order valence-electron chi connectivity index (χ4n) is 1.83. The van der Waals surface area contributed by atoms with Gasteiger partial charge in [0.25, 0.3) is 0 Å². The monoisotopic (exact) mass is 212 g/mol. The number of hydrogen-bond acceptors (Lipinski definition) is 3. The SMILES string of the molecule is C[Si](C)(C)OC1C(=O)CC2C=CC1O2. The number of ketones is 1. The van der Waals surface area contributed by atoms with Crippen LogP contribution in [-0.2, 0) is 14.0 Å². The van der Waals surface area contributed by atoms with Crippen LogP contribution in [0, 0.1) is 0 Å². The standard InChI is InChI=1S/C10H16O3Si/c1-14(2,3)13-10-8(11)6-7-4-5-9(10)12-7/h4-5,7,9-10H,6H2,1-3H3.